The van der Waals surface area contributed by atoms with Crippen LogP contribution < -0.4 is 5.32 Å². The Balaban J connectivity index is 2.02. The first-order valence-electron chi connectivity index (χ1n) is 7.18. The molecule has 112 valence electrons. The minimum absolute atomic E-state index is 0.148. The van der Waals surface area contributed by atoms with Crippen LogP contribution in [-0.2, 0) is 4.74 Å². The topological polar surface area (TPSA) is 21.3 Å². The summed E-state index contributed by atoms with van der Waals surface area (Å²) in [6.07, 6.45) is 1.38. The Morgan fingerprint density at radius 2 is 2.10 bits per heavy atom. The van der Waals surface area contributed by atoms with E-state index in [-0.39, 0.29) is 11.5 Å². The van der Waals surface area contributed by atoms with Gasteiger partial charge in [0.2, 0.25) is 0 Å². The first kappa shape index (κ1) is 16.1. The highest BCUT2D eigenvalue weighted by Gasteiger charge is 2.49. The summed E-state index contributed by atoms with van der Waals surface area (Å²) >= 11 is 12.3. The van der Waals surface area contributed by atoms with Gasteiger partial charge < -0.3 is 10.1 Å². The van der Waals surface area contributed by atoms with Gasteiger partial charge in [-0.05, 0) is 44.0 Å². The molecule has 1 aliphatic rings. The second kappa shape index (κ2) is 6.23. The fraction of sp³-hybridized carbons (Fsp3) is 0.625. The molecule has 0 aromatic heterocycles. The third-order valence-corrected chi connectivity index (χ3v) is 5.00. The second-order valence-corrected chi connectivity index (χ2v) is 6.95. The molecular formula is C16H23Cl2NO. The molecule has 0 bridgehead atoms. The number of hydrogen-bond acceptors (Lipinski definition) is 2. The summed E-state index contributed by atoms with van der Waals surface area (Å²) in [5, 5.41) is 5.13. The van der Waals surface area contributed by atoms with E-state index in [2.05, 4.69) is 26.1 Å². The van der Waals surface area contributed by atoms with Gasteiger partial charge in [0.05, 0.1) is 6.10 Å². The maximum absolute atomic E-state index is 6.26. The van der Waals surface area contributed by atoms with Crippen molar-refractivity contribution in [1.29, 1.82) is 0 Å². The molecule has 4 heteroatoms. The van der Waals surface area contributed by atoms with E-state index >= 15 is 0 Å². The van der Waals surface area contributed by atoms with Crippen molar-refractivity contribution in [3.8, 4) is 0 Å². The van der Waals surface area contributed by atoms with Crippen molar-refractivity contribution < 1.29 is 4.74 Å². The summed E-state index contributed by atoms with van der Waals surface area (Å²) in [5.74, 6) is 0. The van der Waals surface area contributed by atoms with Crippen molar-refractivity contribution in [2.45, 2.75) is 52.3 Å². The lowest BCUT2D eigenvalue weighted by Gasteiger charge is -2.52. The lowest BCUT2D eigenvalue weighted by atomic mass is 9.64. The summed E-state index contributed by atoms with van der Waals surface area (Å²) in [6.45, 7) is 9.45. The first-order chi connectivity index (χ1) is 9.36. The van der Waals surface area contributed by atoms with E-state index < -0.39 is 0 Å². The zero-order chi connectivity index (χ0) is 14.9. The second-order valence-electron chi connectivity index (χ2n) is 6.11. The molecule has 0 radical (unpaired) electrons. The summed E-state index contributed by atoms with van der Waals surface area (Å²) in [4.78, 5) is 0. The van der Waals surface area contributed by atoms with Gasteiger partial charge in [0.1, 0.15) is 0 Å². The standard InChI is InChI=1S/C16H23Cl2NO/c1-5-20-15-9-14(16(15,3)4)19-10(2)12-8-11(17)6-7-13(12)18/h6-8,10,14-15,19H,5,9H2,1-4H3. The van der Waals surface area contributed by atoms with E-state index in [1.54, 1.807) is 0 Å². The van der Waals surface area contributed by atoms with Crippen LogP contribution in [0.2, 0.25) is 10.0 Å². The molecular weight excluding hydrogens is 293 g/mol. The Morgan fingerprint density at radius 3 is 2.70 bits per heavy atom. The molecule has 1 N–H and O–H groups in total. The predicted molar refractivity (Wildman–Crippen MR) is 85.6 cm³/mol. The van der Waals surface area contributed by atoms with Crippen LogP contribution in [0.4, 0.5) is 0 Å². The third kappa shape index (κ3) is 3.14. The van der Waals surface area contributed by atoms with Gasteiger partial charge in [-0.15, -0.1) is 0 Å². The van der Waals surface area contributed by atoms with Gasteiger partial charge in [-0.2, -0.15) is 0 Å². The van der Waals surface area contributed by atoms with E-state index in [0.29, 0.717) is 12.1 Å². The maximum atomic E-state index is 6.26. The van der Waals surface area contributed by atoms with E-state index in [9.17, 15) is 0 Å². The van der Waals surface area contributed by atoms with Crippen LogP contribution in [-0.4, -0.2) is 18.8 Å². The highest BCUT2D eigenvalue weighted by molar-refractivity contribution is 6.33. The highest BCUT2D eigenvalue weighted by atomic mass is 35.5. The predicted octanol–water partition coefficient (Wildman–Crippen LogP) is 4.85. The zero-order valence-electron chi connectivity index (χ0n) is 12.5. The van der Waals surface area contributed by atoms with E-state index in [1.165, 1.54) is 0 Å². The SMILES string of the molecule is CCOC1CC(NC(C)c2cc(Cl)ccc2Cl)C1(C)C. The Kier molecular flexibility index (Phi) is 5.01. The average molecular weight is 316 g/mol. The first-order valence-corrected chi connectivity index (χ1v) is 7.94. The fourth-order valence-corrected chi connectivity index (χ4v) is 3.35. The number of nitrogens with one attached hydrogen (secondary N) is 1. The van der Waals surface area contributed by atoms with Gasteiger partial charge in [-0.3, -0.25) is 0 Å². The quantitative estimate of drug-likeness (QED) is 0.838. The summed E-state index contributed by atoms with van der Waals surface area (Å²) < 4.78 is 5.77. The molecule has 0 spiro atoms. The van der Waals surface area contributed by atoms with Crippen molar-refractivity contribution in [2.75, 3.05) is 6.61 Å². The lowest BCUT2D eigenvalue weighted by Crippen LogP contribution is -2.61. The minimum atomic E-state index is 0.148. The van der Waals surface area contributed by atoms with Crippen LogP contribution in [0.5, 0.6) is 0 Å². The number of rotatable bonds is 5. The number of ether oxygens (including phenoxy) is 1. The van der Waals surface area contributed by atoms with Crippen molar-refractivity contribution >= 4 is 23.2 Å². The molecule has 3 atom stereocenters. The lowest BCUT2D eigenvalue weighted by molar-refractivity contribution is -0.116. The third-order valence-electron chi connectivity index (χ3n) is 4.42. The average Bonchev–Trinajstić information content (AvgIpc) is 2.40. The Hall–Kier alpha value is -0.280. The van der Waals surface area contributed by atoms with Gasteiger partial charge >= 0.3 is 0 Å². The van der Waals surface area contributed by atoms with Crippen LogP contribution in [0.3, 0.4) is 0 Å². The molecule has 1 aromatic rings. The van der Waals surface area contributed by atoms with Crippen LogP contribution >= 0.6 is 23.2 Å². The number of hydrogen-bond donors (Lipinski definition) is 1. The number of halogens is 2. The Morgan fingerprint density at radius 1 is 1.40 bits per heavy atom. The van der Waals surface area contributed by atoms with Crippen molar-refractivity contribution in [3.05, 3.63) is 33.8 Å². The largest absolute Gasteiger partial charge is 0.378 e. The summed E-state index contributed by atoms with van der Waals surface area (Å²) in [5.41, 5.74) is 1.20. The van der Waals surface area contributed by atoms with Crippen molar-refractivity contribution in [3.63, 3.8) is 0 Å². The smallest absolute Gasteiger partial charge is 0.0655 e. The molecule has 2 nitrogen and oxygen atoms in total. The molecule has 20 heavy (non-hydrogen) atoms. The Bertz CT molecular complexity index is 476. The molecule has 1 saturated carbocycles. The van der Waals surface area contributed by atoms with Crippen LogP contribution in [0.25, 0.3) is 0 Å². The van der Waals surface area contributed by atoms with Crippen LogP contribution in [0.15, 0.2) is 18.2 Å². The normalized spacial score (nSPS) is 26.1. The van der Waals surface area contributed by atoms with Gasteiger partial charge in [0.25, 0.3) is 0 Å². The van der Waals surface area contributed by atoms with E-state index in [4.69, 9.17) is 27.9 Å². The van der Waals surface area contributed by atoms with Gasteiger partial charge in [0.15, 0.2) is 0 Å². The summed E-state index contributed by atoms with van der Waals surface area (Å²) in [7, 11) is 0. The minimum Gasteiger partial charge on any atom is -0.378 e. The molecule has 0 amide bonds. The Labute approximate surface area is 131 Å². The van der Waals surface area contributed by atoms with Gasteiger partial charge in [-0.25, -0.2) is 0 Å². The molecule has 0 heterocycles. The number of benzene rings is 1. The molecule has 0 aliphatic heterocycles. The van der Waals surface area contributed by atoms with E-state index in [1.807, 2.05) is 25.1 Å². The molecule has 2 rings (SSSR count). The van der Waals surface area contributed by atoms with E-state index in [0.717, 1.165) is 28.6 Å². The monoisotopic (exact) mass is 315 g/mol. The van der Waals surface area contributed by atoms with Crippen molar-refractivity contribution in [2.24, 2.45) is 5.41 Å². The zero-order valence-corrected chi connectivity index (χ0v) is 14.1. The van der Waals surface area contributed by atoms with Gasteiger partial charge in [0, 0.05) is 34.2 Å². The molecule has 1 aromatic carbocycles. The molecule has 1 fully saturated rings. The molecule has 3 unspecified atom stereocenters. The maximum Gasteiger partial charge on any atom is 0.0655 e. The van der Waals surface area contributed by atoms with Gasteiger partial charge in [-0.1, -0.05) is 37.0 Å². The highest BCUT2D eigenvalue weighted by Crippen LogP contribution is 2.44. The van der Waals surface area contributed by atoms with Crippen molar-refractivity contribution in [1.82, 2.24) is 5.32 Å². The van der Waals surface area contributed by atoms with Crippen LogP contribution in [0.1, 0.15) is 45.7 Å². The molecule has 0 saturated heterocycles. The summed E-state index contributed by atoms with van der Waals surface area (Å²) in [6, 6.07) is 6.22. The van der Waals surface area contributed by atoms with Crippen LogP contribution in [0, 0.1) is 5.41 Å². The fourth-order valence-electron chi connectivity index (χ4n) is 2.89. The molecule has 1 aliphatic carbocycles.